The second-order valence-electron chi connectivity index (χ2n) is 2.52. The van der Waals surface area contributed by atoms with E-state index in [9.17, 15) is 0 Å². The van der Waals surface area contributed by atoms with Crippen LogP contribution in [0.5, 0.6) is 0 Å². The van der Waals surface area contributed by atoms with Crippen molar-refractivity contribution in [2.45, 2.75) is 18.9 Å². The number of rotatable bonds is 1. The Bertz CT molecular complexity index is 197. The molecule has 1 aromatic rings. The molecule has 5 heteroatoms. The van der Waals surface area contributed by atoms with Gasteiger partial charge in [-0.3, -0.25) is 0 Å². The summed E-state index contributed by atoms with van der Waals surface area (Å²) in [6.07, 6.45) is 4.43. The first kappa shape index (κ1) is 12.2. The van der Waals surface area contributed by atoms with Gasteiger partial charge in [-0.05, 0) is 19.4 Å². The number of hydrogen-bond donors (Lipinski definition) is 1. The molecule has 1 fully saturated rings. The summed E-state index contributed by atoms with van der Waals surface area (Å²) in [6, 6.07) is 0.556. The van der Waals surface area contributed by atoms with Gasteiger partial charge in [0.05, 0.1) is 6.04 Å². The highest BCUT2D eigenvalue weighted by molar-refractivity contribution is 7.09. The van der Waals surface area contributed by atoms with Crippen molar-refractivity contribution < 1.29 is 0 Å². The second kappa shape index (κ2) is 5.75. The number of halogens is 2. The van der Waals surface area contributed by atoms with Gasteiger partial charge in [0, 0.05) is 11.6 Å². The molecule has 2 heterocycles. The Hall–Kier alpha value is 0.170. The Kier molecular flexibility index (Phi) is 5.84. The van der Waals surface area contributed by atoms with E-state index < -0.39 is 0 Å². The maximum absolute atomic E-state index is 4.25. The van der Waals surface area contributed by atoms with Gasteiger partial charge in [0.2, 0.25) is 0 Å². The number of thiazole rings is 1. The Morgan fingerprint density at radius 3 is 2.83 bits per heavy atom. The summed E-state index contributed by atoms with van der Waals surface area (Å²) in [6.45, 7) is 1.16. The maximum atomic E-state index is 4.25. The van der Waals surface area contributed by atoms with Gasteiger partial charge in [0.1, 0.15) is 5.01 Å². The zero-order chi connectivity index (χ0) is 6.81. The minimum absolute atomic E-state index is 0. The molecule has 1 saturated heterocycles. The zero-order valence-electron chi connectivity index (χ0n) is 6.53. The highest BCUT2D eigenvalue weighted by atomic mass is 35.5. The predicted molar refractivity (Wildman–Crippen MR) is 56.6 cm³/mol. The molecule has 12 heavy (non-hydrogen) atoms. The van der Waals surface area contributed by atoms with Crippen molar-refractivity contribution >= 4 is 36.2 Å². The van der Waals surface area contributed by atoms with E-state index in [1.165, 1.54) is 17.8 Å². The van der Waals surface area contributed by atoms with Gasteiger partial charge < -0.3 is 5.32 Å². The van der Waals surface area contributed by atoms with E-state index in [-0.39, 0.29) is 24.8 Å². The van der Waals surface area contributed by atoms with Crippen molar-refractivity contribution in [1.82, 2.24) is 10.3 Å². The summed E-state index contributed by atoms with van der Waals surface area (Å²) in [7, 11) is 0. The third kappa shape index (κ3) is 2.59. The summed E-state index contributed by atoms with van der Waals surface area (Å²) in [5, 5.41) is 6.69. The molecule has 70 valence electrons. The predicted octanol–water partition coefficient (Wildman–Crippen LogP) is 2.41. The summed E-state index contributed by atoms with van der Waals surface area (Å²) >= 11 is 1.75. The van der Waals surface area contributed by atoms with Crippen molar-refractivity contribution in [3.05, 3.63) is 16.6 Å². The van der Waals surface area contributed by atoms with Gasteiger partial charge in [-0.2, -0.15) is 0 Å². The molecule has 1 atom stereocenters. The topological polar surface area (TPSA) is 24.9 Å². The smallest absolute Gasteiger partial charge is 0.109 e. The van der Waals surface area contributed by atoms with Crippen molar-refractivity contribution in [1.29, 1.82) is 0 Å². The largest absolute Gasteiger partial charge is 0.308 e. The van der Waals surface area contributed by atoms with Crippen LogP contribution in [0.1, 0.15) is 23.9 Å². The molecule has 1 aromatic heterocycles. The van der Waals surface area contributed by atoms with Crippen LogP contribution < -0.4 is 5.32 Å². The molecule has 0 aromatic carbocycles. The third-order valence-corrected chi connectivity index (χ3v) is 2.70. The minimum Gasteiger partial charge on any atom is -0.308 e. The molecule has 2 nitrogen and oxygen atoms in total. The number of nitrogens with one attached hydrogen (secondary N) is 1. The van der Waals surface area contributed by atoms with Gasteiger partial charge in [-0.1, -0.05) is 0 Å². The molecule has 2 rings (SSSR count). The van der Waals surface area contributed by atoms with Crippen molar-refractivity contribution in [3.8, 4) is 0 Å². The standard InChI is InChI=1S/C7H10N2S.2ClH/c1-2-6(8-3-1)7-9-4-5-10-7;;/h4-6,8H,1-3H2;2*1H. The molecule has 1 unspecified atom stereocenters. The van der Waals surface area contributed by atoms with Gasteiger partial charge in [0.15, 0.2) is 0 Å². The quantitative estimate of drug-likeness (QED) is 0.796. The van der Waals surface area contributed by atoms with Crippen LogP contribution in [-0.2, 0) is 0 Å². The Balaban J connectivity index is 0.000000605. The van der Waals surface area contributed by atoms with E-state index >= 15 is 0 Å². The Morgan fingerprint density at radius 1 is 1.50 bits per heavy atom. The lowest BCUT2D eigenvalue weighted by Crippen LogP contribution is -2.12. The van der Waals surface area contributed by atoms with Gasteiger partial charge in [0.25, 0.3) is 0 Å². The van der Waals surface area contributed by atoms with Crippen LogP contribution in [0.15, 0.2) is 11.6 Å². The second-order valence-corrected chi connectivity index (χ2v) is 3.45. The van der Waals surface area contributed by atoms with Gasteiger partial charge in [-0.25, -0.2) is 4.98 Å². The summed E-state index contributed by atoms with van der Waals surface area (Å²) < 4.78 is 0. The first-order valence-electron chi connectivity index (χ1n) is 3.59. The molecule has 0 saturated carbocycles. The molecule has 0 bridgehead atoms. The number of nitrogens with zero attached hydrogens (tertiary/aromatic N) is 1. The lowest BCUT2D eigenvalue weighted by atomic mass is 10.2. The van der Waals surface area contributed by atoms with Crippen molar-refractivity contribution in [2.24, 2.45) is 0 Å². The highest BCUT2D eigenvalue weighted by Gasteiger charge is 2.17. The third-order valence-electron chi connectivity index (χ3n) is 1.81. The van der Waals surface area contributed by atoms with E-state index in [1.54, 1.807) is 11.3 Å². The first-order valence-corrected chi connectivity index (χ1v) is 4.47. The van der Waals surface area contributed by atoms with Crippen molar-refractivity contribution in [3.63, 3.8) is 0 Å². The fraction of sp³-hybridized carbons (Fsp3) is 0.571. The van der Waals surface area contributed by atoms with Gasteiger partial charge in [-0.15, -0.1) is 36.2 Å². The molecule has 0 radical (unpaired) electrons. The monoisotopic (exact) mass is 226 g/mol. The van der Waals surface area contributed by atoms with Crippen LogP contribution in [0, 0.1) is 0 Å². The molecule has 1 aliphatic heterocycles. The van der Waals surface area contributed by atoms with Crippen LogP contribution >= 0.6 is 36.2 Å². The molecule has 0 spiro atoms. The van der Waals surface area contributed by atoms with Crippen LogP contribution in [0.3, 0.4) is 0 Å². The van der Waals surface area contributed by atoms with E-state index in [0.29, 0.717) is 6.04 Å². The van der Waals surface area contributed by atoms with Gasteiger partial charge >= 0.3 is 0 Å². The lowest BCUT2D eigenvalue weighted by molar-refractivity contribution is 0.643. The van der Waals surface area contributed by atoms with Crippen LogP contribution in [0.2, 0.25) is 0 Å². The van der Waals surface area contributed by atoms with Crippen molar-refractivity contribution in [2.75, 3.05) is 6.54 Å². The number of hydrogen-bond acceptors (Lipinski definition) is 3. The first-order chi connectivity index (χ1) is 4.97. The van der Waals surface area contributed by atoms with E-state index in [1.807, 2.05) is 11.6 Å². The fourth-order valence-electron chi connectivity index (χ4n) is 1.30. The average molecular weight is 227 g/mol. The lowest BCUT2D eigenvalue weighted by Gasteiger charge is -2.03. The fourth-order valence-corrected chi connectivity index (χ4v) is 2.05. The zero-order valence-corrected chi connectivity index (χ0v) is 8.97. The number of aromatic nitrogens is 1. The SMILES string of the molecule is Cl.Cl.c1csc(C2CCCN2)n1. The Labute approximate surface area is 88.6 Å². The van der Waals surface area contributed by atoms with E-state index in [2.05, 4.69) is 10.3 Å². The van der Waals surface area contributed by atoms with Crippen LogP contribution in [0.25, 0.3) is 0 Å². The van der Waals surface area contributed by atoms with Crippen LogP contribution in [0.4, 0.5) is 0 Å². The maximum Gasteiger partial charge on any atom is 0.109 e. The molecular weight excluding hydrogens is 215 g/mol. The molecular formula is C7H12Cl2N2S. The van der Waals surface area contributed by atoms with E-state index in [4.69, 9.17) is 0 Å². The molecule has 0 aliphatic carbocycles. The highest BCUT2D eigenvalue weighted by Crippen LogP contribution is 2.23. The summed E-state index contributed by atoms with van der Waals surface area (Å²) in [5.74, 6) is 0. The average Bonchev–Trinajstić information content (AvgIpc) is 2.59. The normalized spacial score (nSPS) is 21.2. The summed E-state index contributed by atoms with van der Waals surface area (Å²) in [4.78, 5) is 4.25. The van der Waals surface area contributed by atoms with Crippen LogP contribution in [-0.4, -0.2) is 11.5 Å². The molecule has 1 aliphatic rings. The molecule has 0 amide bonds. The minimum atomic E-state index is 0. The molecule has 1 N–H and O–H groups in total. The Morgan fingerprint density at radius 2 is 2.33 bits per heavy atom. The summed E-state index contributed by atoms with van der Waals surface area (Å²) in [5.41, 5.74) is 0. The van der Waals surface area contributed by atoms with E-state index in [0.717, 1.165) is 6.54 Å².